The van der Waals surface area contributed by atoms with Crippen molar-refractivity contribution in [3.63, 3.8) is 0 Å². The van der Waals surface area contributed by atoms with E-state index in [0.717, 1.165) is 51.3 Å². The van der Waals surface area contributed by atoms with Crippen molar-refractivity contribution in [2.45, 2.75) is 19.5 Å². The predicted molar refractivity (Wildman–Crippen MR) is 144 cm³/mol. The zero-order valence-electron chi connectivity index (χ0n) is 21.6. The van der Waals surface area contributed by atoms with E-state index in [0.29, 0.717) is 24.8 Å². The van der Waals surface area contributed by atoms with Gasteiger partial charge in [0.05, 0.1) is 48.2 Å². The van der Waals surface area contributed by atoms with Crippen LogP contribution in [-0.2, 0) is 11.3 Å². The summed E-state index contributed by atoms with van der Waals surface area (Å²) in [7, 11) is 3.24. The van der Waals surface area contributed by atoms with Gasteiger partial charge in [0.2, 0.25) is 11.8 Å². The highest BCUT2D eigenvalue weighted by Crippen LogP contribution is 2.32. The van der Waals surface area contributed by atoms with E-state index in [-0.39, 0.29) is 18.5 Å². The molecular weight excluding hydrogens is 482 g/mol. The summed E-state index contributed by atoms with van der Waals surface area (Å²) >= 11 is 0. The zero-order chi connectivity index (χ0) is 26.2. The van der Waals surface area contributed by atoms with Gasteiger partial charge < -0.3 is 29.2 Å². The molecule has 2 N–H and O–H groups in total. The minimum absolute atomic E-state index is 0.00428. The van der Waals surface area contributed by atoms with Crippen LogP contribution in [0, 0.1) is 6.92 Å². The monoisotopic (exact) mass is 511 g/mol. The molecular formula is C28H29N7O3. The number of fused-ring (bicyclic) bond motifs is 2. The van der Waals surface area contributed by atoms with Crippen LogP contribution >= 0.6 is 0 Å². The molecule has 5 aromatic rings. The molecule has 3 aromatic heterocycles. The van der Waals surface area contributed by atoms with Gasteiger partial charge in [0.1, 0.15) is 30.0 Å². The number of carbonyl (C=O) groups excluding carboxylic acids is 1. The van der Waals surface area contributed by atoms with Crippen LogP contribution in [0.4, 0.5) is 0 Å². The number of benzene rings is 2. The van der Waals surface area contributed by atoms with Gasteiger partial charge in [0.25, 0.3) is 0 Å². The molecule has 6 rings (SSSR count). The first-order valence-corrected chi connectivity index (χ1v) is 12.6. The van der Waals surface area contributed by atoms with E-state index >= 15 is 0 Å². The molecule has 4 heterocycles. The van der Waals surface area contributed by atoms with Gasteiger partial charge >= 0.3 is 0 Å². The Morgan fingerprint density at radius 3 is 2.79 bits per heavy atom. The van der Waals surface area contributed by atoms with E-state index < -0.39 is 0 Å². The van der Waals surface area contributed by atoms with Crippen molar-refractivity contribution in [1.29, 1.82) is 0 Å². The molecule has 0 bridgehead atoms. The van der Waals surface area contributed by atoms with Crippen LogP contribution in [0.5, 0.6) is 11.6 Å². The second kappa shape index (κ2) is 9.79. The summed E-state index contributed by atoms with van der Waals surface area (Å²) < 4.78 is 12.9. The molecule has 0 aliphatic carbocycles. The number of pyridine rings is 1. The molecule has 194 valence electrons. The molecule has 1 aliphatic heterocycles. The van der Waals surface area contributed by atoms with E-state index in [9.17, 15) is 4.79 Å². The zero-order valence-corrected chi connectivity index (χ0v) is 21.6. The van der Waals surface area contributed by atoms with Crippen LogP contribution in [0.1, 0.15) is 17.7 Å². The Bertz CT molecular complexity index is 1640. The molecule has 0 radical (unpaired) electrons. The summed E-state index contributed by atoms with van der Waals surface area (Å²) in [5.41, 5.74) is 4.18. The van der Waals surface area contributed by atoms with Crippen molar-refractivity contribution in [3.8, 4) is 22.9 Å². The van der Waals surface area contributed by atoms with Crippen LogP contribution in [0.25, 0.3) is 33.2 Å². The van der Waals surface area contributed by atoms with Crippen LogP contribution in [0.2, 0.25) is 0 Å². The van der Waals surface area contributed by atoms with Crippen molar-refractivity contribution in [2.24, 2.45) is 0 Å². The van der Waals surface area contributed by atoms with Gasteiger partial charge in [-0.3, -0.25) is 4.79 Å². The van der Waals surface area contributed by atoms with Gasteiger partial charge in [-0.05, 0) is 31.2 Å². The van der Waals surface area contributed by atoms with E-state index in [1.165, 1.54) is 0 Å². The fourth-order valence-corrected chi connectivity index (χ4v) is 5.11. The molecule has 1 aliphatic rings. The molecule has 2 aromatic carbocycles. The lowest BCUT2D eigenvalue weighted by Gasteiger charge is -2.35. The number of hydrogen-bond acceptors (Lipinski definition) is 7. The minimum Gasteiger partial charge on any atom is -0.497 e. The fraction of sp³-hybridized carbons (Fsp3) is 0.286. The third kappa shape index (κ3) is 4.22. The van der Waals surface area contributed by atoms with E-state index in [1.807, 2.05) is 64.9 Å². The summed E-state index contributed by atoms with van der Waals surface area (Å²) in [5, 5.41) is 4.41. The Morgan fingerprint density at radius 1 is 1.08 bits per heavy atom. The quantitative estimate of drug-likeness (QED) is 0.359. The summed E-state index contributed by atoms with van der Waals surface area (Å²) in [4.78, 5) is 33.0. The molecule has 38 heavy (non-hydrogen) atoms. The third-order valence-corrected chi connectivity index (χ3v) is 7.09. The Hall–Kier alpha value is -4.44. The molecule has 10 heteroatoms. The first-order chi connectivity index (χ1) is 18.6. The lowest BCUT2D eigenvalue weighted by atomic mass is 10.1. The highest BCUT2D eigenvalue weighted by Gasteiger charge is 2.31. The number of imidazole rings is 2. The molecule has 1 saturated heterocycles. The van der Waals surface area contributed by atoms with Crippen molar-refractivity contribution in [2.75, 3.05) is 33.9 Å². The van der Waals surface area contributed by atoms with Crippen LogP contribution in [0.3, 0.4) is 0 Å². The van der Waals surface area contributed by atoms with Gasteiger partial charge in [-0.25, -0.2) is 15.0 Å². The molecule has 10 nitrogen and oxygen atoms in total. The number of amides is 1. The maximum atomic E-state index is 13.7. The predicted octanol–water partition coefficient (Wildman–Crippen LogP) is 3.47. The minimum atomic E-state index is -0.242. The molecule has 1 atom stereocenters. The number of nitrogens with one attached hydrogen (secondary N) is 2. The Labute approximate surface area is 219 Å². The highest BCUT2D eigenvalue weighted by atomic mass is 16.5. The number of hydrogen-bond donors (Lipinski definition) is 2. The van der Waals surface area contributed by atoms with Crippen molar-refractivity contribution >= 4 is 27.8 Å². The summed E-state index contributed by atoms with van der Waals surface area (Å²) in [5.74, 6) is 2.75. The van der Waals surface area contributed by atoms with Crippen molar-refractivity contribution in [1.82, 2.24) is 34.7 Å². The smallest absolute Gasteiger partial charge is 0.243 e. The average molecular weight is 512 g/mol. The first-order valence-electron chi connectivity index (χ1n) is 12.6. The van der Waals surface area contributed by atoms with Crippen LogP contribution in [0.15, 0.2) is 54.7 Å². The summed E-state index contributed by atoms with van der Waals surface area (Å²) in [6, 6.07) is 15.4. The normalized spacial score (nSPS) is 15.8. The SMILES string of the molecule is COc1ccc2nc(C)n(CC(=O)N3CCNCC3c3ncc(-c4cc5ccccc5nc4OC)[nH]3)c2c1. The number of H-pyrrole nitrogens is 1. The van der Waals surface area contributed by atoms with Crippen molar-refractivity contribution < 1.29 is 14.3 Å². The number of aryl methyl sites for hydroxylation is 1. The lowest BCUT2D eigenvalue weighted by molar-refractivity contribution is -0.135. The molecule has 0 spiro atoms. The number of methoxy groups -OCH3 is 2. The second-order valence-corrected chi connectivity index (χ2v) is 9.33. The molecule has 1 amide bonds. The van der Waals surface area contributed by atoms with Gasteiger partial charge in [0.15, 0.2) is 0 Å². The number of ether oxygens (including phenoxy) is 2. The number of carbonyl (C=O) groups is 1. The van der Waals surface area contributed by atoms with E-state index in [2.05, 4.69) is 25.3 Å². The van der Waals surface area contributed by atoms with Gasteiger partial charge in [-0.2, -0.15) is 0 Å². The lowest BCUT2D eigenvalue weighted by Crippen LogP contribution is -2.50. The van der Waals surface area contributed by atoms with Gasteiger partial charge in [-0.1, -0.05) is 18.2 Å². The Morgan fingerprint density at radius 2 is 1.95 bits per heavy atom. The topological polar surface area (TPSA) is 110 Å². The second-order valence-electron chi connectivity index (χ2n) is 9.33. The summed E-state index contributed by atoms with van der Waals surface area (Å²) in [6.07, 6.45) is 1.78. The summed E-state index contributed by atoms with van der Waals surface area (Å²) in [6.45, 7) is 4.00. The third-order valence-electron chi connectivity index (χ3n) is 7.09. The molecule has 0 saturated carbocycles. The van der Waals surface area contributed by atoms with Crippen LogP contribution in [-0.4, -0.2) is 69.2 Å². The fourth-order valence-electron chi connectivity index (χ4n) is 5.11. The van der Waals surface area contributed by atoms with Crippen LogP contribution < -0.4 is 14.8 Å². The number of nitrogens with zero attached hydrogens (tertiary/aromatic N) is 5. The number of rotatable bonds is 6. The average Bonchev–Trinajstić information content (AvgIpc) is 3.56. The van der Waals surface area contributed by atoms with E-state index in [1.54, 1.807) is 20.4 Å². The van der Waals surface area contributed by atoms with Gasteiger partial charge in [-0.15, -0.1) is 0 Å². The number of aromatic nitrogens is 5. The van der Waals surface area contributed by atoms with E-state index in [4.69, 9.17) is 9.47 Å². The number of aromatic amines is 1. The Balaban J connectivity index is 1.30. The Kier molecular flexibility index (Phi) is 6.16. The highest BCUT2D eigenvalue weighted by molar-refractivity contribution is 5.85. The van der Waals surface area contributed by atoms with Gasteiger partial charge in [0, 0.05) is 31.1 Å². The molecule has 1 fully saturated rings. The maximum Gasteiger partial charge on any atom is 0.243 e. The standard InChI is InChI=1S/C28H29N7O3/c1-17-31-22-9-8-19(37-2)13-24(22)35(17)16-26(36)34-11-10-29-15-25(34)27-30-14-23(32-27)20-12-18-6-4-5-7-21(18)33-28(20)38-3/h4-9,12-14,25,29H,10-11,15-16H2,1-3H3,(H,30,32). The van der Waals surface area contributed by atoms with Crippen molar-refractivity contribution in [3.05, 3.63) is 66.4 Å². The number of para-hydroxylation sites is 1. The number of piperazine rings is 1. The first kappa shape index (κ1) is 23.9. The largest absolute Gasteiger partial charge is 0.497 e. The maximum absolute atomic E-state index is 13.7. The molecule has 1 unspecified atom stereocenters.